The molecule has 1 amide bonds. The van der Waals surface area contributed by atoms with E-state index in [1.807, 2.05) is 0 Å². The largest absolute Gasteiger partial charge is 0.463 e. The maximum atomic E-state index is 13.0. The molecule has 11 nitrogen and oxygen atoms in total. The normalized spacial score (nSPS) is 11.8. The molecule has 1 N–H and O–H groups in total. The number of carbonyl (C=O) groups is 2. The summed E-state index contributed by atoms with van der Waals surface area (Å²) >= 11 is 0. The molecule has 11 heteroatoms. The number of para-hydroxylation sites is 1. The summed E-state index contributed by atoms with van der Waals surface area (Å²) in [6.07, 6.45) is 0.828. The number of rotatable bonds is 8. The van der Waals surface area contributed by atoms with Crippen molar-refractivity contribution in [2.45, 2.75) is 39.3 Å². The second-order valence-corrected chi connectivity index (χ2v) is 7.34. The number of hydrogen-bond acceptors (Lipinski definition) is 8. The van der Waals surface area contributed by atoms with Crippen LogP contribution in [0.5, 0.6) is 0 Å². The molecule has 1 atom stereocenters. The van der Waals surface area contributed by atoms with E-state index < -0.39 is 22.8 Å². The van der Waals surface area contributed by atoms with Crippen molar-refractivity contribution in [3.8, 4) is 5.69 Å². The average molecular weight is 438 g/mol. The third kappa shape index (κ3) is 5.31. The maximum absolute atomic E-state index is 13.0. The summed E-state index contributed by atoms with van der Waals surface area (Å²) < 4.78 is 6.65. The van der Waals surface area contributed by atoms with E-state index in [1.165, 1.54) is 29.2 Å². The molecule has 0 bridgehead atoms. The topological polar surface area (TPSA) is 142 Å². The first kappa shape index (κ1) is 22.5. The van der Waals surface area contributed by atoms with Crippen molar-refractivity contribution in [3.63, 3.8) is 0 Å². The van der Waals surface area contributed by atoms with Gasteiger partial charge in [0.05, 0.1) is 34.7 Å². The number of esters is 1. The number of aryl methyl sites for hydroxylation is 1. The van der Waals surface area contributed by atoms with E-state index >= 15 is 0 Å². The molecule has 0 radical (unpaired) electrons. The van der Waals surface area contributed by atoms with Crippen molar-refractivity contribution < 1.29 is 19.2 Å². The Bertz CT molecular complexity index is 1130. The van der Waals surface area contributed by atoms with Crippen LogP contribution >= 0.6 is 0 Å². The highest BCUT2D eigenvalue weighted by Gasteiger charge is 2.27. The minimum atomic E-state index is -0.949. The third-order valence-electron chi connectivity index (χ3n) is 4.61. The predicted molar refractivity (Wildman–Crippen MR) is 113 cm³/mol. The van der Waals surface area contributed by atoms with E-state index in [9.17, 15) is 19.7 Å². The Labute approximate surface area is 183 Å². The van der Waals surface area contributed by atoms with Crippen LogP contribution in [-0.2, 0) is 9.53 Å². The van der Waals surface area contributed by atoms with Crippen molar-refractivity contribution in [1.29, 1.82) is 0 Å². The Balaban J connectivity index is 1.89. The first-order chi connectivity index (χ1) is 15.3. The van der Waals surface area contributed by atoms with Gasteiger partial charge >= 0.3 is 5.97 Å². The second-order valence-electron chi connectivity index (χ2n) is 7.34. The van der Waals surface area contributed by atoms with Crippen molar-refractivity contribution in [1.82, 2.24) is 25.5 Å². The fourth-order valence-corrected chi connectivity index (χ4v) is 3.23. The van der Waals surface area contributed by atoms with Crippen LogP contribution in [0.1, 0.15) is 47.8 Å². The quantitative estimate of drug-likeness (QED) is 0.321. The highest BCUT2D eigenvalue weighted by molar-refractivity contribution is 5.95. The lowest BCUT2D eigenvalue weighted by molar-refractivity contribution is -0.385. The maximum Gasteiger partial charge on any atom is 0.308 e. The molecule has 3 aromatic rings. The molecule has 2 aromatic carbocycles. The minimum absolute atomic E-state index is 0.194. The predicted octanol–water partition coefficient (Wildman–Crippen LogP) is 2.69. The number of hydrogen-bond donors (Lipinski definition) is 1. The summed E-state index contributed by atoms with van der Waals surface area (Å²) in [5.74, 6) is -1.06. The van der Waals surface area contributed by atoms with E-state index in [0.29, 0.717) is 11.3 Å². The van der Waals surface area contributed by atoms with Crippen LogP contribution in [0, 0.1) is 17.0 Å². The minimum Gasteiger partial charge on any atom is -0.463 e. The van der Waals surface area contributed by atoms with Gasteiger partial charge in [0.2, 0.25) is 0 Å². The number of carbonyl (C=O) groups excluding carboxylic acids is 2. The fraction of sp³-hybridized carbons (Fsp3) is 0.286. The number of aromatic nitrogens is 4. The highest BCUT2D eigenvalue weighted by Crippen LogP contribution is 2.28. The summed E-state index contributed by atoms with van der Waals surface area (Å²) in [5, 5.41) is 25.3. The van der Waals surface area contributed by atoms with Gasteiger partial charge in [-0.15, -0.1) is 5.10 Å². The van der Waals surface area contributed by atoms with Crippen LogP contribution in [0.25, 0.3) is 5.69 Å². The number of nitrogens with zero attached hydrogens (tertiary/aromatic N) is 5. The van der Waals surface area contributed by atoms with Gasteiger partial charge < -0.3 is 10.1 Å². The number of amides is 1. The van der Waals surface area contributed by atoms with Crippen LogP contribution in [0.15, 0.2) is 48.8 Å². The van der Waals surface area contributed by atoms with Crippen molar-refractivity contribution >= 4 is 17.6 Å². The zero-order chi connectivity index (χ0) is 23.3. The lowest BCUT2D eigenvalue weighted by atomic mass is 10.0. The summed E-state index contributed by atoms with van der Waals surface area (Å²) in [6, 6.07) is 9.94. The van der Waals surface area contributed by atoms with Crippen molar-refractivity contribution in [3.05, 3.63) is 75.6 Å². The molecule has 3 rings (SSSR count). The average Bonchev–Trinajstić information content (AvgIpc) is 3.27. The number of nitro benzene ring substituents is 1. The van der Waals surface area contributed by atoms with Crippen LogP contribution in [0.4, 0.5) is 5.69 Å². The summed E-state index contributed by atoms with van der Waals surface area (Å²) in [4.78, 5) is 36.2. The molecule has 0 aliphatic heterocycles. The molecule has 0 saturated heterocycles. The monoisotopic (exact) mass is 438 g/mol. The van der Waals surface area contributed by atoms with E-state index in [1.54, 1.807) is 45.0 Å². The zero-order valence-electron chi connectivity index (χ0n) is 17.8. The van der Waals surface area contributed by atoms with Gasteiger partial charge in [-0.05, 0) is 55.0 Å². The summed E-state index contributed by atoms with van der Waals surface area (Å²) in [5.41, 5.74) is 1.78. The standard InChI is InChI=1S/C21H22N6O5/c1-13(2)32-20(28)11-17(16-6-4-5-7-19(16)27(30)31)23-21(29)15-8-9-18(14(3)10-15)26-12-22-24-25-26/h4-10,12-13,17H,11H2,1-3H3,(H,23,29). The highest BCUT2D eigenvalue weighted by atomic mass is 16.6. The second kappa shape index (κ2) is 9.77. The molecule has 0 aliphatic rings. The van der Waals surface area contributed by atoms with Crippen LogP contribution in [0.2, 0.25) is 0 Å². The van der Waals surface area contributed by atoms with E-state index in [2.05, 4.69) is 20.8 Å². The molecule has 1 heterocycles. The van der Waals surface area contributed by atoms with Crippen molar-refractivity contribution in [2.75, 3.05) is 0 Å². The molecule has 32 heavy (non-hydrogen) atoms. The smallest absolute Gasteiger partial charge is 0.308 e. The SMILES string of the molecule is Cc1cc(C(=O)NC(CC(=O)OC(C)C)c2ccccc2[N+](=O)[O-])ccc1-n1cnnn1. The number of benzene rings is 2. The van der Waals surface area contributed by atoms with Gasteiger partial charge in [-0.2, -0.15) is 0 Å². The van der Waals surface area contributed by atoms with Crippen LogP contribution in [-0.4, -0.2) is 43.1 Å². The van der Waals surface area contributed by atoms with Gasteiger partial charge in [0, 0.05) is 11.6 Å². The number of ether oxygens (including phenoxy) is 1. The van der Waals surface area contributed by atoms with E-state index in [4.69, 9.17) is 4.74 Å². The number of nitro groups is 1. The number of tetrazole rings is 1. The Morgan fingerprint density at radius 1 is 1.22 bits per heavy atom. The van der Waals surface area contributed by atoms with Crippen LogP contribution < -0.4 is 5.32 Å². The molecule has 0 fully saturated rings. The van der Waals surface area contributed by atoms with Crippen LogP contribution in [0.3, 0.4) is 0 Å². The molecule has 0 saturated carbocycles. The van der Waals surface area contributed by atoms with E-state index in [-0.39, 0.29) is 23.8 Å². The fourth-order valence-electron chi connectivity index (χ4n) is 3.23. The first-order valence-electron chi connectivity index (χ1n) is 9.84. The van der Waals surface area contributed by atoms with Gasteiger partial charge in [0.1, 0.15) is 6.33 Å². The Morgan fingerprint density at radius 2 is 1.97 bits per heavy atom. The number of nitrogens with one attached hydrogen (secondary N) is 1. The van der Waals surface area contributed by atoms with Gasteiger partial charge in [-0.3, -0.25) is 19.7 Å². The summed E-state index contributed by atoms with van der Waals surface area (Å²) in [6.45, 7) is 5.20. The van der Waals surface area contributed by atoms with Gasteiger partial charge in [-0.1, -0.05) is 18.2 Å². The van der Waals surface area contributed by atoms with Gasteiger partial charge in [0.25, 0.3) is 11.6 Å². The Kier molecular flexibility index (Phi) is 6.88. The molecular weight excluding hydrogens is 416 g/mol. The van der Waals surface area contributed by atoms with Crippen molar-refractivity contribution in [2.24, 2.45) is 0 Å². The third-order valence-corrected chi connectivity index (χ3v) is 4.61. The van der Waals surface area contributed by atoms with Gasteiger partial charge in [-0.25, -0.2) is 4.68 Å². The summed E-state index contributed by atoms with van der Waals surface area (Å²) in [7, 11) is 0. The molecule has 0 aliphatic carbocycles. The Hall–Kier alpha value is -4.15. The molecule has 1 aromatic heterocycles. The molecule has 0 spiro atoms. The van der Waals surface area contributed by atoms with E-state index in [0.717, 1.165) is 5.56 Å². The lowest BCUT2D eigenvalue weighted by Crippen LogP contribution is -2.31. The Morgan fingerprint density at radius 3 is 2.59 bits per heavy atom. The lowest BCUT2D eigenvalue weighted by Gasteiger charge is -2.20. The molecule has 166 valence electrons. The zero-order valence-corrected chi connectivity index (χ0v) is 17.8. The van der Waals surface area contributed by atoms with Gasteiger partial charge in [0.15, 0.2) is 0 Å². The molecular formula is C21H22N6O5. The first-order valence-corrected chi connectivity index (χ1v) is 9.84. The molecule has 1 unspecified atom stereocenters.